The second kappa shape index (κ2) is 10.8. The van der Waals surface area contributed by atoms with E-state index in [1.54, 1.807) is 39.0 Å². The number of imide groups is 1. The summed E-state index contributed by atoms with van der Waals surface area (Å²) >= 11 is 19.4. The van der Waals surface area contributed by atoms with E-state index in [1.165, 1.54) is 0 Å². The van der Waals surface area contributed by atoms with Gasteiger partial charge in [0.05, 0.1) is 11.1 Å². The first-order chi connectivity index (χ1) is 15.9. The summed E-state index contributed by atoms with van der Waals surface area (Å²) in [6, 6.07) is 3.72. The summed E-state index contributed by atoms with van der Waals surface area (Å²) in [5.74, 6) is -3.18. The fourth-order valence-corrected chi connectivity index (χ4v) is 6.15. The zero-order valence-corrected chi connectivity index (χ0v) is 25.1. The van der Waals surface area contributed by atoms with Gasteiger partial charge in [-0.2, -0.15) is 0 Å². The van der Waals surface area contributed by atoms with Gasteiger partial charge in [0.1, 0.15) is 6.04 Å². The van der Waals surface area contributed by atoms with Gasteiger partial charge in [-0.1, -0.05) is 25.4 Å². The van der Waals surface area contributed by atoms with E-state index in [0.717, 1.165) is 10.5 Å². The van der Waals surface area contributed by atoms with Crippen molar-refractivity contribution < 1.29 is 23.9 Å². The molecule has 180 valence electrons. The molecule has 1 aliphatic rings. The van der Waals surface area contributed by atoms with E-state index in [9.17, 15) is 19.2 Å². The number of amides is 3. The molecular weight excluding hydrogens is 727 g/mol. The Morgan fingerprint density at radius 3 is 2.00 bits per heavy atom. The molecule has 0 bridgehead atoms. The third kappa shape index (κ3) is 5.13. The van der Waals surface area contributed by atoms with Crippen molar-refractivity contribution in [2.24, 2.45) is 5.92 Å². The SMILES string of the molecule is Cc1cc(Cl)ccc1NC(=O)COC(=O)[C@@H](C(C)C)N1C(=O)c2c(Br)c(Br)c(Br)c(Br)c2C1=O. The summed E-state index contributed by atoms with van der Waals surface area (Å²) in [5.41, 5.74) is 1.52. The van der Waals surface area contributed by atoms with Gasteiger partial charge in [-0.3, -0.25) is 19.3 Å². The van der Waals surface area contributed by atoms with Gasteiger partial charge in [0.15, 0.2) is 6.61 Å². The average molecular weight is 744 g/mol. The summed E-state index contributed by atoms with van der Waals surface area (Å²) in [4.78, 5) is 52.7. The first-order valence-corrected chi connectivity index (χ1v) is 13.4. The largest absolute Gasteiger partial charge is 0.454 e. The van der Waals surface area contributed by atoms with E-state index in [1.807, 2.05) is 0 Å². The van der Waals surface area contributed by atoms with Crippen molar-refractivity contribution in [2.45, 2.75) is 26.8 Å². The van der Waals surface area contributed by atoms with E-state index < -0.39 is 42.3 Å². The second-order valence-corrected chi connectivity index (χ2v) is 11.4. The lowest BCUT2D eigenvalue weighted by Crippen LogP contribution is -2.49. The molecule has 3 amide bonds. The van der Waals surface area contributed by atoms with Crippen molar-refractivity contribution in [1.29, 1.82) is 0 Å². The number of hydrogen-bond acceptors (Lipinski definition) is 5. The number of nitrogens with zero attached hydrogens (tertiary/aromatic N) is 1. The van der Waals surface area contributed by atoms with E-state index in [2.05, 4.69) is 69.0 Å². The molecule has 0 aromatic heterocycles. The first kappa shape index (κ1) is 27.3. The van der Waals surface area contributed by atoms with Gasteiger partial charge in [0, 0.05) is 28.6 Å². The maximum atomic E-state index is 13.3. The zero-order chi connectivity index (χ0) is 25.5. The monoisotopic (exact) mass is 740 g/mol. The number of ether oxygens (including phenoxy) is 1. The van der Waals surface area contributed by atoms with Crippen LogP contribution in [0.3, 0.4) is 0 Å². The third-order valence-corrected chi connectivity index (χ3v) is 10.1. The molecule has 0 saturated carbocycles. The van der Waals surface area contributed by atoms with Crippen molar-refractivity contribution in [1.82, 2.24) is 4.90 Å². The smallest absolute Gasteiger partial charge is 0.330 e. The topological polar surface area (TPSA) is 92.8 Å². The van der Waals surface area contributed by atoms with Crippen molar-refractivity contribution in [3.8, 4) is 0 Å². The lowest BCUT2D eigenvalue weighted by molar-refractivity contribution is -0.152. The van der Waals surface area contributed by atoms with Crippen LogP contribution in [0.4, 0.5) is 5.69 Å². The molecule has 1 atom stereocenters. The number of halogens is 5. The van der Waals surface area contributed by atoms with Crippen molar-refractivity contribution in [2.75, 3.05) is 11.9 Å². The fraction of sp³-hybridized carbons (Fsp3) is 0.273. The molecule has 0 unspecified atom stereocenters. The van der Waals surface area contributed by atoms with E-state index in [0.29, 0.717) is 28.6 Å². The molecule has 0 fully saturated rings. The third-order valence-electron chi connectivity index (χ3n) is 5.09. The van der Waals surface area contributed by atoms with E-state index in [-0.39, 0.29) is 11.1 Å². The summed E-state index contributed by atoms with van der Waals surface area (Å²) in [7, 11) is 0. The molecular formula is C22H17Br4ClN2O5. The molecule has 12 heteroatoms. The minimum Gasteiger partial charge on any atom is -0.454 e. The molecule has 1 aliphatic heterocycles. The normalized spacial score (nSPS) is 13.9. The average Bonchev–Trinajstić information content (AvgIpc) is 3.02. The molecule has 2 aromatic rings. The number of benzene rings is 2. The lowest BCUT2D eigenvalue weighted by Gasteiger charge is -2.27. The van der Waals surface area contributed by atoms with Crippen LogP contribution in [-0.4, -0.2) is 41.2 Å². The number of carbonyl (C=O) groups excluding carboxylic acids is 4. The highest BCUT2D eigenvalue weighted by Crippen LogP contribution is 2.46. The Hall–Kier alpha value is -1.27. The minimum atomic E-state index is -1.23. The molecule has 0 radical (unpaired) electrons. The highest BCUT2D eigenvalue weighted by molar-refractivity contribution is 9.15. The standard InChI is InChI=1S/C22H17Br4ClN2O5/c1-8(2)19(22(33)34-7-12(30)28-11-5-4-10(27)6-9(11)3)29-20(31)13-14(21(29)32)16(24)18(26)17(25)15(13)23/h4-6,8,19H,7H2,1-3H3,(H,28,30)/t19-/m1/s1. The summed E-state index contributed by atoms with van der Waals surface area (Å²) < 4.78 is 7.06. The summed E-state index contributed by atoms with van der Waals surface area (Å²) in [6.45, 7) is 4.56. The van der Waals surface area contributed by atoms with Gasteiger partial charge in [-0.25, -0.2) is 4.79 Å². The number of hydrogen-bond donors (Lipinski definition) is 1. The molecule has 1 N–H and O–H groups in total. The van der Waals surface area contributed by atoms with Crippen LogP contribution in [-0.2, 0) is 14.3 Å². The predicted molar refractivity (Wildman–Crippen MR) is 142 cm³/mol. The highest BCUT2D eigenvalue weighted by atomic mass is 79.9. The number of rotatable bonds is 6. The molecule has 0 aliphatic carbocycles. The minimum absolute atomic E-state index is 0.126. The number of fused-ring (bicyclic) bond motifs is 1. The van der Waals surface area contributed by atoms with Gasteiger partial charge in [-0.15, -0.1) is 0 Å². The Labute approximate surface area is 234 Å². The van der Waals surface area contributed by atoms with Crippen molar-refractivity contribution in [3.63, 3.8) is 0 Å². The predicted octanol–water partition coefficient (Wildman–Crippen LogP) is 6.50. The molecule has 2 aromatic carbocycles. The number of carbonyl (C=O) groups is 4. The first-order valence-electron chi connectivity index (χ1n) is 9.83. The Kier molecular flexibility index (Phi) is 8.66. The Morgan fingerprint density at radius 2 is 1.53 bits per heavy atom. The zero-order valence-electron chi connectivity index (χ0n) is 18.0. The molecule has 0 saturated heterocycles. The molecule has 1 heterocycles. The van der Waals surface area contributed by atoms with Crippen LogP contribution in [0, 0.1) is 12.8 Å². The maximum Gasteiger partial charge on any atom is 0.330 e. The van der Waals surface area contributed by atoms with Crippen LogP contribution in [0.2, 0.25) is 5.02 Å². The number of anilines is 1. The van der Waals surface area contributed by atoms with Gasteiger partial charge in [-0.05, 0) is 100 Å². The molecule has 3 rings (SSSR count). The van der Waals surface area contributed by atoms with E-state index in [4.69, 9.17) is 16.3 Å². The Bertz CT molecular complexity index is 1190. The molecule has 7 nitrogen and oxygen atoms in total. The van der Waals surface area contributed by atoms with Crippen LogP contribution < -0.4 is 5.32 Å². The number of esters is 1. The lowest BCUT2D eigenvalue weighted by atomic mass is 10.0. The van der Waals surface area contributed by atoms with Gasteiger partial charge in [0.2, 0.25) is 0 Å². The summed E-state index contributed by atoms with van der Waals surface area (Å²) in [6.07, 6.45) is 0. The van der Waals surface area contributed by atoms with Gasteiger partial charge >= 0.3 is 5.97 Å². The number of nitrogens with one attached hydrogen (secondary N) is 1. The maximum absolute atomic E-state index is 13.3. The fourth-order valence-electron chi connectivity index (χ4n) is 3.47. The van der Waals surface area contributed by atoms with Crippen molar-refractivity contribution in [3.05, 3.63) is 57.8 Å². The van der Waals surface area contributed by atoms with Crippen molar-refractivity contribution >= 4 is 105 Å². The quantitative estimate of drug-likeness (QED) is 0.158. The van der Waals surface area contributed by atoms with Crippen LogP contribution in [0.15, 0.2) is 36.1 Å². The second-order valence-electron chi connectivity index (χ2n) is 7.79. The van der Waals surface area contributed by atoms with Crippen LogP contribution in [0.1, 0.15) is 40.1 Å². The highest BCUT2D eigenvalue weighted by Gasteiger charge is 2.47. The number of aryl methyl sites for hydroxylation is 1. The summed E-state index contributed by atoms with van der Waals surface area (Å²) in [5, 5.41) is 3.17. The van der Waals surface area contributed by atoms with Gasteiger partial charge < -0.3 is 10.1 Å². The van der Waals surface area contributed by atoms with Crippen LogP contribution in [0.5, 0.6) is 0 Å². The molecule has 34 heavy (non-hydrogen) atoms. The van der Waals surface area contributed by atoms with Crippen LogP contribution in [0.25, 0.3) is 0 Å². The van der Waals surface area contributed by atoms with Gasteiger partial charge in [0.25, 0.3) is 17.7 Å². The van der Waals surface area contributed by atoms with E-state index >= 15 is 0 Å². The molecule has 0 spiro atoms. The Balaban J connectivity index is 1.81. The van der Waals surface area contributed by atoms with Crippen LogP contribution >= 0.6 is 75.3 Å². The Morgan fingerprint density at radius 1 is 1.00 bits per heavy atom.